The molecule has 0 saturated carbocycles. The van der Waals surface area contributed by atoms with Crippen LogP contribution in [0.15, 0.2) is 36.4 Å². The lowest BCUT2D eigenvalue weighted by Crippen LogP contribution is -2.31. The molecule has 2 N–H and O–H groups in total. The third kappa shape index (κ3) is 3.93. The first-order chi connectivity index (χ1) is 12.6. The molecule has 0 aromatic heterocycles. The number of carbonyl (C=O) groups is 1. The van der Waals surface area contributed by atoms with E-state index >= 15 is 0 Å². The molecule has 0 radical (unpaired) electrons. The van der Waals surface area contributed by atoms with Crippen molar-refractivity contribution in [3.8, 4) is 23.0 Å². The van der Waals surface area contributed by atoms with Crippen LogP contribution in [0.3, 0.4) is 0 Å². The van der Waals surface area contributed by atoms with Crippen LogP contribution in [0, 0.1) is 0 Å². The maximum atomic E-state index is 12.5. The summed E-state index contributed by atoms with van der Waals surface area (Å²) in [4.78, 5) is 12.5. The Kier molecular flexibility index (Phi) is 5.36. The number of ether oxygens (including phenoxy) is 4. The molecule has 1 atom stereocenters. The van der Waals surface area contributed by atoms with E-state index in [1.807, 2.05) is 6.07 Å². The van der Waals surface area contributed by atoms with Crippen LogP contribution >= 0.6 is 0 Å². The molecule has 1 aliphatic rings. The van der Waals surface area contributed by atoms with Crippen LogP contribution in [0.5, 0.6) is 23.0 Å². The average Bonchev–Trinajstić information content (AvgIpc) is 2.67. The smallest absolute Gasteiger partial charge is 0.246 e. The van der Waals surface area contributed by atoms with E-state index in [-0.39, 0.29) is 5.91 Å². The zero-order chi connectivity index (χ0) is 18.5. The van der Waals surface area contributed by atoms with Gasteiger partial charge in [-0.05, 0) is 31.2 Å². The number of hydrogen-bond donors (Lipinski definition) is 2. The molecule has 1 aliphatic heterocycles. The number of anilines is 2. The van der Waals surface area contributed by atoms with Crippen molar-refractivity contribution in [2.75, 3.05) is 38.1 Å². The largest absolute Gasteiger partial charge is 0.493 e. The quantitative estimate of drug-likeness (QED) is 0.827. The van der Waals surface area contributed by atoms with Gasteiger partial charge in [0.1, 0.15) is 19.3 Å². The Balaban J connectivity index is 1.64. The number of methoxy groups -OCH3 is 2. The Labute approximate surface area is 152 Å². The molecular weight excluding hydrogens is 336 g/mol. The molecule has 0 spiro atoms. The summed E-state index contributed by atoms with van der Waals surface area (Å²) in [5, 5.41) is 6.02. The lowest BCUT2D eigenvalue weighted by atomic mass is 10.2. The first-order valence-electron chi connectivity index (χ1n) is 8.30. The molecule has 7 nitrogen and oxygen atoms in total. The van der Waals surface area contributed by atoms with Gasteiger partial charge in [0.05, 0.1) is 14.2 Å². The molecule has 2 aromatic carbocycles. The van der Waals surface area contributed by atoms with Crippen LogP contribution in [0.1, 0.15) is 6.92 Å². The van der Waals surface area contributed by atoms with Gasteiger partial charge in [-0.25, -0.2) is 0 Å². The van der Waals surface area contributed by atoms with Crippen molar-refractivity contribution in [1.29, 1.82) is 0 Å². The number of hydrogen-bond acceptors (Lipinski definition) is 6. The molecule has 0 fully saturated rings. The van der Waals surface area contributed by atoms with Gasteiger partial charge in [0, 0.05) is 23.5 Å². The van der Waals surface area contributed by atoms with Gasteiger partial charge in [-0.1, -0.05) is 0 Å². The topological polar surface area (TPSA) is 78.1 Å². The highest BCUT2D eigenvalue weighted by atomic mass is 16.6. The van der Waals surface area contributed by atoms with Crippen LogP contribution in [0.25, 0.3) is 0 Å². The van der Waals surface area contributed by atoms with E-state index in [9.17, 15) is 4.79 Å². The fourth-order valence-corrected chi connectivity index (χ4v) is 2.61. The molecule has 2 aromatic rings. The predicted molar refractivity (Wildman–Crippen MR) is 98.7 cm³/mol. The van der Waals surface area contributed by atoms with Crippen LogP contribution in [0.2, 0.25) is 0 Å². The van der Waals surface area contributed by atoms with Gasteiger partial charge < -0.3 is 29.6 Å². The second-order valence-corrected chi connectivity index (χ2v) is 5.78. The molecule has 0 aliphatic carbocycles. The van der Waals surface area contributed by atoms with Crippen LogP contribution in [0.4, 0.5) is 11.4 Å². The van der Waals surface area contributed by atoms with E-state index in [0.717, 1.165) is 5.69 Å². The van der Waals surface area contributed by atoms with Gasteiger partial charge in [0.2, 0.25) is 5.91 Å². The third-order valence-corrected chi connectivity index (χ3v) is 3.97. The summed E-state index contributed by atoms with van der Waals surface area (Å²) >= 11 is 0. The lowest BCUT2D eigenvalue weighted by molar-refractivity contribution is -0.116. The van der Waals surface area contributed by atoms with Gasteiger partial charge in [-0.15, -0.1) is 0 Å². The van der Waals surface area contributed by atoms with Crippen molar-refractivity contribution < 1.29 is 23.7 Å². The van der Waals surface area contributed by atoms with Crippen LogP contribution in [-0.2, 0) is 4.79 Å². The van der Waals surface area contributed by atoms with E-state index in [2.05, 4.69) is 10.6 Å². The predicted octanol–water partition coefficient (Wildman–Crippen LogP) is 2.91. The van der Waals surface area contributed by atoms with Gasteiger partial charge in [-0.3, -0.25) is 4.79 Å². The number of benzene rings is 2. The summed E-state index contributed by atoms with van der Waals surface area (Å²) in [7, 11) is 3.15. The maximum absolute atomic E-state index is 12.5. The number of carbonyl (C=O) groups excluding carboxylic acids is 1. The minimum Gasteiger partial charge on any atom is -0.493 e. The average molecular weight is 358 g/mol. The Morgan fingerprint density at radius 3 is 2.38 bits per heavy atom. The van der Waals surface area contributed by atoms with E-state index in [1.165, 1.54) is 0 Å². The molecule has 0 unspecified atom stereocenters. The summed E-state index contributed by atoms with van der Waals surface area (Å²) in [5.41, 5.74) is 1.41. The number of fused-ring (bicyclic) bond motifs is 1. The van der Waals surface area contributed by atoms with Crippen molar-refractivity contribution in [2.45, 2.75) is 13.0 Å². The highest BCUT2D eigenvalue weighted by Crippen LogP contribution is 2.33. The maximum Gasteiger partial charge on any atom is 0.246 e. The lowest BCUT2D eigenvalue weighted by Gasteiger charge is -2.20. The summed E-state index contributed by atoms with van der Waals surface area (Å²) in [5.74, 6) is 2.38. The highest BCUT2D eigenvalue weighted by Gasteiger charge is 2.16. The van der Waals surface area contributed by atoms with E-state index < -0.39 is 6.04 Å². The van der Waals surface area contributed by atoms with E-state index in [4.69, 9.17) is 18.9 Å². The van der Waals surface area contributed by atoms with Crippen molar-refractivity contribution in [3.05, 3.63) is 36.4 Å². The molecular formula is C19H22N2O5. The fraction of sp³-hybridized carbons (Fsp3) is 0.316. The SMILES string of the molecule is COc1ccc(N[C@@H](C)C(=O)Nc2ccc3c(c2)OCCO3)cc1OC. The molecule has 1 heterocycles. The van der Waals surface area contributed by atoms with Crippen molar-refractivity contribution in [1.82, 2.24) is 0 Å². The standard InChI is InChI=1S/C19H22N2O5/c1-12(20-13-4-6-15(23-2)17(10-13)24-3)19(22)21-14-5-7-16-18(11-14)26-9-8-25-16/h4-7,10-12,20H,8-9H2,1-3H3,(H,21,22)/t12-/m0/s1. The first-order valence-corrected chi connectivity index (χ1v) is 8.30. The Bertz CT molecular complexity index is 793. The van der Waals surface area contributed by atoms with Gasteiger partial charge in [0.15, 0.2) is 23.0 Å². The summed E-state index contributed by atoms with van der Waals surface area (Å²) in [6.07, 6.45) is 0. The second-order valence-electron chi connectivity index (χ2n) is 5.78. The van der Waals surface area contributed by atoms with E-state index in [0.29, 0.717) is 41.9 Å². The minimum atomic E-state index is -0.457. The number of rotatable bonds is 6. The Hall–Kier alpha value is -3.09. The minimum absolute atomic E-state index is 0.170. The second kappa shape index (κ2) is 7.86. The summed E-state index contributed by atoms with van der Waals surface area (Å²) in [6.45, 7) is 2.82. The molecule has 138 valence electrons. The van der Waals surface area contributed by atoms with Crippen LogP contribution < -0.4 is 29.6 Å². The molecule has 3 rings (SSSR count). The zero-order valence-corrected chi connectivity index (χ0v) is 15.0. The third-order valence-electron chi connectivity index (χ3n) is 3.97. The Morgan fingerprint density at radius 2 is 1.65 bits per heavy atom. The van der Waals surface area contributed by atoms with Gasteiger partial charge >= 0.3 is 0 Å². The molecule has 0 bridgehead atoms. The first kappa shape index (κ1) is 17.7. The van der Waals surface area contributed by atoms with Gasteiger partial charge in [0.25, 0.3) is 0 Å². The van der Waals surface area contributed by atoms with Crippen LogP contribution in [-0.4, -0.2) is 39.4 Å². The molecule has 0 saturated heterocycles. The highest BCUT2D eigenvalue weighted by molar-refractivity contribution is 5.96. The Morgan fingerprint density at radius 1 is 0.962 bits per heavy atom. The molecule has 1 amide bonds. The van der Waals surface area contributed by atoms with Crippen molar-refractivity contribution in [2.24, 2.45) is 0 Å². The summed E-state index contributed by atoms with van der Waals surface area (Å²) in [6, 6.07) is 10.3. The molecule has 7 heteroatoms. The van der Waals surface area contributed by atoms with Gasteiger partial charge in [-0.2, -0.15) is 0 Å². The monoisotopic (exact) mass is 358 g/mol. The molecule has 26 heavy (non-hydrogen) atoms. The number of nitrogens with one attached hydrogen (secondary N) is 2. The summed E-state index contributed by atoms with van der Waals surface area (Å²) < 4.78 is 21.5. The normalized spacial score (nSPS) is 13.5. The van der Waals surface area contributed by atoms with Crippen molar-refractivity contribution in [3.63, 3.8) is 0 Å². The fourth-order valence-electron chi connectivity index (χ4n) is 2.61. The zero-order valence-electron chi connectivity index (χ0n) is 15.0. The number of amides is 1. The van der Waals surface area contributed by atoms with Crippen molar-refractivity contribution >= 4 is 17.3 Å². The van der Waals surface area contributed by atoms with E-state index in [1.54, 1.807) is 51.5 Å².